The fraction of sp³-hybridized carbons (Fsp3) is 0.632. The number of aryl methyl sites for hydroxylation is 2. The van der Waals surface area contributed by atoms with Crippen LogP contribution < -0.4 is 4.90 Å². The number of piperazine rings is 1. The van der Waals surface area contributed by atoms with Crippen LogP contribution in [-0.2, 0) is 4.74 Å². The average molecular weight is 356 g/mol. The molecule has 2 aliphatic rings. The molecule has 0 atom stereocenters. The first kappa shape index (κ1) is 17.4. The predicted molar refractivity (Wildman–Crippen MR) is 101 cm³/mol. The molecule has 7 heteroatoms. The SMILES string of the molecule is Cc1cc(C)n(-c2ccc(N3CCN(CC4CCOCC4)CC3)nn2)n1. The molecule has 0 amide bonds. The van der Waals surface area contributed by atoms with E-state index in [1.54, 1.807) is 0 Å². The van der Waals surface area contributed by atoms with Crippen LogP contribution in [0.2, 0.25) is 0 Å². The highest BCUT2D eigenvalue weighted by molar-refractivity contribution is 5.40. The van der Waals surface area contributed by atoms with Gasteiger partial charge in [0.1, 0.15) is 0 Å². The summed E-state index contributed by atoms with van der Waals surface area (Å²) >= 11 is 0. The maximum absolute atomic E-state index is 5.47. The molecular formula is C19H28N6O. The van der Waals surface area contributed by atoms with Crippen molar-refractivity contribution in [3.8, 4) is 5.82 Å². The molecule has 4 heterocycles. The Hall–Kier alpha value is -1.99. The summed E-state index contributed by atoms with van der Waals surface area (Å²) in [6, 6.07) is 6.12. The molecular weight excluding hydrogens is 328 g/mol. The van der Waals surface area contributed by atoms with E-state index < -0.39 is 0 Å². The Morgan fingerprint density at radius 1 is 1.00 bits per heavy atom. The van der Waals surface area contributed by atoms with E-state index in [-0.39, 0.29) is 0 Å². The summed E-state index contributed by atoms with van der Waals surface area (Å²) in [6.07, 6.45) is 2.42. The van der Waals surface area contributed by atoms with Crippen LogP contribution in [0, 0.1) is 19.8 Å². The number of nitrogens with zero attached hydrogens (tertiary/aromatic N) is 6. The summed E-state index contributed by atoms with van der Waals surface area (Å²) in [5.41, 5.74) is 2.07. The highest BCUT2D eigenvalue weighted by Crippen LogP contribution is 2.19. The Labute approximate surface area is 155 Å². The molecule has 0 radical (unpaired) electrons. The molecule has 2 aliphatic heterocycles. The van der Waals surface area contributed by atoms with Crippen LogP contribution in [-0.4, -0.2) is 70.8 Å². The zero-order valence-electron chi connectivity index (χ0n) is 15.8. The van der Waals surface area contributed by atoms with Crippen LogP contribution in [0.5, 0.6) is 0 Å². The summed E-state index contributed by atoms with van der Waals surface area (Å²) in [4.78, 5) is 4.92. The second-order valence-corrected chi connectivity index (χ2v) is 7.43. The van der Waals surface area contributed by atoms with Gasteiger partial charge < -0.3 is 9.64 Å². The standard InChI is InChI=1S/C19H28N6O/c1-15-13-16(2)25(22-15)19-4-3-18(20-21-19)24-9-7-23(8-10-24)14-17-5-11-26-12-6-17/h3-4,13,17H,5-12,14H2,1-2H3. The van der Waals surface area contributed by atoms with Crippen LogP contribution in [0.3, 0.4) is 0 Å². The van der Waals surface area contributed by atoms with Gasteiger partial charge in [0.15, 0.2) is 11.6 Å². The second kappa shape index (κ2) is 7.72. The van der Waals surface area contributed by atoms with Crippen molar-refractivity contribution in [3.05, 3.63) is 29.6 Å². The van der Waals surface area contributed by atoms with Crippen molar-refractivity contribution in [2.75, 3.05) is 50.8 Å². The lowest BCUT2D eigenvalue weighted by Crippen LogP contribution is -2.48. The van der Waals surface area contributed by atoms with E-state index in [1.165, 1.54) is 19.4 Å². The molecule has 0 N–H and O–H groups in total. The third-order valence-electron chi connectivity index (χ3n) is 5.42. The summed E-state index contributed by atoms with van der Waals surface area (Å²) in [7, 11) is 0. The van der Waals surface area contributed by atoms with E-state index in [2.05, 4.69) is 31.2 Å². The van der Waals surface area contributed by atoms with Crippen LogP contribution in [0.1, 0.15) is 24.2 Å². The van der Waals surface area contributed by atoms with Gasteiger partial charge in [0, 0.05) is 51.6 Å². The lowest BCUT2D eigenvalue weighted by Gasteiger charge is -2.37. The molecule has 2 saturated heterocycles. The third-order valence-corrected chi connectivity index (χ3v) is 5.42. The van der Waals surface area contributed by atoms with E-state index in [1.807, 2.05) is 30.7 Å². The summed E-state index contributed by atoms with van der Waals surface area (Å²) in [6.45, 7) is 11.3. The lowest BCUT2D eigenvalue weighted by molar-refractivity contribution is 0.0517. The number of rotatable bonds is 4. The average Bonchev–Trinajstić information content (AvgIpc) is 3.02. The first-order valence-corrected chi connectivity index (χ1v) is 9.61. The van der Waals surface area contributed by atoms with Crippen molar-refractivity contribution in [3.63, 3.8) is 0 Å². The first-order chi connectivity index (χ1) is 12.7. The molecule has 26 heavy (non-hydrogen) atoms. The predicted octanol–water partition coefficient (Wildman–Crippen LogP) is 1.83. The molecule has 2 aromatic rings. The maximum Gasteiger partial charge on any atom is 0.176 e. The molecule has 2 fully saturated rings. The minimum atomic E-state index is 0.775. The van der Waals surface area contributed by atoms with Gasteiger partial charge in [-0.1, -0.05) is 0 Å². The number of hydrogen-bond acceptors (Lipinski definition) is 6. The molecule has 4 rings (SSSR count). The Kier molecular flexibility index (Phi) is 5.17. The van der Waals surface area contributed by atoms with Crippen molar-refractivity contribution in [1.29, 1.82) is 0 Å². The largest absolute Gasteiger partial charge is 0.381 e. The lowest BCUT2D eigenvalue weighted by atomic mass is 9.99. The first-order valence-electron chi connectivity index (χ1n) is 9.61. The zero-order valence-corrected chi connectivity index (χ0v) is 15.8. The van der Waals surface area contributed by atoms with Gasteiger partial charge in [0.05, 0.1) is 5.69 Å². The monoisotopic (exact) mass is 356 g/mol. The van der Waals surface area contributed by atoms with Crippen LogP contribution in [0.15, 0.2) is 18.2 Å². The Morgan fingerprint density at radius 2 is 1.69 bits per heavy atom. The topological polar surface area (TPSA) is 59.3 Å². The van der Waals surface area contributed by atoms with Crippen molar-refractivity contribution in [2.24, 2.45) is 5.92 Å². The fourth-order valence-electron chi connectivity index (χ4n) is 3.91. The normalized spacial score (nSPS) is 19.8. The molecule has 0 spiro atoms. The van der Waals surface area contributed by atoms with Gasteiger partial charge in [0.25, 0.3) is 0 Å². The molecule has 0 aliphatic carbocycles. The van der Waals surface area contributed by atoms with Crippen molar-refractivity contribution < 1.29 is 4.74 Å². The van der Waals surface area contributed by atoms with E-state index in [9.17, 15) is 0 Å². The summed E-state index contributed by atoms with van der Waals surface area (Å²) in [5, 5.41) is 13.3. The Morgan fingerprint density at radius 3 is 2.31 bits per heavy atom. The van der Waals surface area contributed by atoms with Gasteiger partial charge in [-0.05, 0) is 50.8 Å². The highest BCUT2D eigenvalue weighted by atomic mass is 16.5. The number of anilines is 1. The number of ether oxygens (including phenoxy) is 1. The van der Waals surface area contributed by atoms with Crippen LogP contribution >= 0.6 is 0 Å². The molecule has 2 aromatic heterocycles. The summed E-state index contributed by atoms with van der Waals surface area (Å²) in [5.74, 6) is 2.54. The molecule has 0 unspecified atom stereocenters. The minimum Gasteiger partial charge on any atom is -0.381 e. The number of aromatic nitrogens is 4. The van der Waals surface area contributed by atoms with E-state index in [0.717, 1.165) is 68.3 Å². The summed E-state index contributed by atoms with van der Waals surface area (Å²) < 4.78 is 7.31. The van der Waals surface area contributed by atoms with Gasteiger partial charge in [-0.2, -0.15) is 5.10 Å². The molecule has 7 nitrogen and oxygen atoms in total. The van der Waals surface area contributed by atoms with E-state index in [4.69, 9.17) is 4.74 Å². The van der Waals surface area contributed by atoms with Gasteiger partial charge in [0.2, 0.25) is 0 Å². The van der Waals surface area contributed by atoms with Crippen LogP contribution in [0.4, 0.5) is 5.82 Å². The van der Waals surface area contributed by atoms with E-state index >= 15 is 0 Å². The van der Waals surface area contributed by atoms with Gasteiger partial charge in [-0.25, -0.2) is 4.68 Å². The molecule has 0 saturated carbocycles. The van der Waals surface area contributed by atoms with E-state index in [0.29, 0.717) is 0 Å². The molecule has 0 bridgehead atoms. The van der Waals surface area contributed by atoms with Gasteiger partial charge in [-0.15, -0.1) is 10.2 Å². The van der Waals surface area contributed by atoms with Crippen molar-refractivity contribution >= 4 is 5.82 Å². The molecule has 0 aromatic carbocycles. The highest BCUT2D eigenvalue weighted by Gasteiger charge is 2.22. The number of hydrogen-bond donors (Lipinski definition) is 0. The Bertz CT molecular complexity index is 714. The van der Waals surface area contributed by atoms with Gasteiger partial charge >= 0.3 is 0 Å². The molecule has 140 valence electrons. The van der Waals surface area contributed by atoms with Gasteiger partial charge in [-0.3, -0.25) is 4.90 Å². The second-order valence-electron chi connectivity index (χ2n) is 7.43. The quantitative estimate of drug-likeness (QED) is 0.833. The smallest absolute Gasteiger partial charge is 0.176 e. The van der Waals surface area contributed by atoms with Crippen LogP contribution in [0.25, 0.3) is 5.82 Å². The minimum absolute atomic E-state index is 0.775. The van der Waals surface area contributed by atoms with Crippen molar-refractivity contribution in [1.82, 2.24) is 24.9 Å². The van der Waals surface area contributed by atoms with Crippen molar-refractivity contribution in [2.45, 2.75) is 26.7 Å². The zero-order chi connectivity index (χ0) is 17.9. The fourth-order valence-corrected chi connectivity index (χ4v) is 3.91. The Balaban J connectivity index is 1.33. The third kappa shape index (κ3) is 3.88. The maximum atomic E-state index is 5.47.